The first-order valence-electron chi connectivity index (χ1n) is 7.29. The Balaban J connectivity index is 1.76. The van der Waals surface area contributed by atoms with E-state index in [4.69, 9.17) is 0 Å². The van der Waals surface area contributed by atoms with E-state index in [1.54, 1.807) is 0 Å². The van der Waals surface area contributed by atoms with Crippen LogP contribution in [0.3, 0.4) is 0 Å². The van der Waals surface area contributed by atoms with Crippen molar-refractivity contribution in [1.82, 2.24) is 5.32 Å². The molecular formula is C16H25NS. The van der Waals surface area contributed by atoms with E-state index in [-0.39, 0.29) is 0 Å². The lowest BCUT2D eigenvalue weighted by Crippen LogP contribution is -2.35. The van der Waals surface area contributed by atoms with Gasteiger partial charge in [0.15, 0.2) is 0 Å². The minimum atomic E-state index is 0.695. The zero-order valence-electron chi connectivity index (χ0n) is 11.4. The van der Waals surface area contributed by atoms with Crippen molar-refractivity contribution in [3.05, 3.63) is 30.3 Å². The lowest BCUT2D eigenvalue weighted by molar-refractivity contribution is 0.268. The molecule has 1 nitrogen and oxygen atoms in total. The maximum absolute atomic E-state index is 3.72. The zero-order chi connectivity index (χ0) is 12.6. The summed E-state index contributed by atoms with van der Waals surface area (Å²) in [5.41, 5.74) is 0. The second-order valence-corrected chi connectivity index (χ2v) is 6.40. The van der Waals surface area contributed by atoms with Crippen LogP contribution < -0.4 is 5.32 Å². The molecule has 100 valence electrons. The summed E-state index contributed by atoms with van der Waals surface area (Å²) in [4.78, 5) is 1.40. The van der Waals surface area contributed by atoms with Crippen molar-refractivity contribution in [1.29, 1.82) is 0 Å². The van der Waals surface area contributed by atoms with Gasteiger partial charge in [-0.2, -0.15) is 0 Å². The van der Waals surface area contributed by atoms with Crippen LogP contribution in [-0.2, 0) is 0 Å². The van der Waals surface area contributed by atoms with E-state index in [0.717, 1.165) is 12.5 Å². The highest BCUT2D eigenvalue weighted by molar-refractivity contribution is 7.99. The molecule has 2 rings (SSSR count). The van der Waals surface area contributed by atoms with Crippen molar-refractivity contribution >= 4 is 11.8 Å². The number of thioether (sulfide) groups is 1. The number of nitrogens with one attached hydrogen (secondary N) is 1. The smallest absolute Gasteiger partial charge is 0.0164 e. The molecule has 1 aliphatic carbocycles. The second kappa shape index (κ2) is 7.85. The SMILES string of the molecule is CCCNC(CSc1ccccc1)CC1CCC1. The van der Waals surface area contributed by atoms with Crippen LogP contribution in [0.2, 0.25) is 0 Å². The van der Waals surface area contributed by atoms with Gasteiger partial charge in [-0.25, -0.2) is 0 Å². The molecule has 0 radical (unpaired) electrons. The van der Waals surface area contributed by atoms with E-state index in [0.29, 0.717) is 6.04 Å². The molecule has 0 aliphatic heterocycles. The molecule has 1 atom stereocenters. The fourth-order valence-corrected chi connectivity index (χ4v) is 3.40. The van der Waals surface area contributed by atoms with Crippen molar-refractivity contribution in [2.75, 3.05) is 12.3 Å². The minimum absolute atomic E-state index is 0.695. The summed E-state index contributed by atoms with van der Waals surface area (Å²) in [6.45, 7) is 3.41. The average molecular weight is 263 g/mol. The van der Waals surface area contributed by atoms with Gasteiger partial charge in [0.2, 0.25) is 0 Å². The first kappa shape index (κ1) is 14.0. The van der Waals surface area contributed by atoms with Crippen LogP contribution in [0.5, 0.6) is 0 Å². The molecule has 0 saturated heterocycles. The maximum Gasteiger partial charge on any atom is 0.0164 e. The summed E-state index contributed by atoms with van der Waals surface area (Å²) < 4.78 is 0. The second-order valence-electron chi connectivity index (χ2n) is 5.31. The predicted octanol–water partition coefficient (Wildman–Crippen LogP) is 4.34. The Hall–Kier alpha value is -0.470. The van der Waals surface area contributed by atoms with Crippen molar-refractivity contribution in [3.8, 4) is 0 Å². The van der Waals surface area contributed by atoms with Gasteiger partial charge in [0.1, 0.15) is 0 Å². The van der Waals surface area contributed by atoms with Gasteiger partial charge < -0.3 is 5.32 Å². The summed E-state index contributed by atoms with van der Waals surface area (Å²) in [6, 6.07) is 11.5. The summed E-state index contributed by atoms with van der Waals surface area (Å²) in [5, 5.41) is 3.72. The molecule has 0 heterocycles. The summed E-state index contributed by atoms with van der Waals surface area (Å²) in [6.07, 6.45) is 6.98. The minimum Gasteiger partial charge on any atom is -0.313 e. The molecule has 0 aromatic heterocycles. The molecule has 0 bridgehead atoms. The Kier molecular flexibility index (Phi) is 6.09. The highest BCUT2D eigenvalue weighted by Gasteiger charge is 2.21. The standard InChI is InChI=1S/C16H25NS/c1-2-11-17-15(12-14-7-6-8-14)13-18-16-9-4-3-5-10-16/h3-5,9-10,14-15,17H,2,6-8,11-13H2,1H3. The molecule has 0 spiro atoms. The third-order valence-corrected chi connectivity index (χ3v) is 4.89. The van der Waals surface area contributed by atoms with E-state index < -0.39 is 0 Å². The Bertz CT molecular complexity index is 321. The molecule has 1 fully saturated rings. The van der Waals surface area contributed by atoms with E-state index in [1.165, 1.54) is 42.8 Å². The van der Waals surface area contributed by atoms with Gasteiger partial charge in [-0.05, 0) is 37.4 Å². The van der Waals surface area contributed by atoms with Crippen molar-refractivity contribution in [2.45, 2.75) is 50.0 Å². The zero-order valence-corrected chi connectivity index (χ0v) is 12.2. The first-order valence-corrected chi connectivity index (χ1v) is 8.28. The fraction of sp³-hybridized carbons (Fsp3) is 0.625. The molecule has 1 aromatic rings. The van der Waals surface area contributed by atoms with Crippen molar-refractivity contribution in [2.24, 2.45) is 5.92 Å². The molecule has 18 heavy (non-hydrogen) atoms. The molecule has 1 N–H and O–H groups in total. The monoisotopic (exact) mass is 263 g/mol. The largest absolute Gasteiger partial charge is 0.313 e. The Morgan fingerprint density at radius 3 is 2.67 bits per heavy atom. The third kappa shape index (κ3) is 4.66. The Morgan fingerprint density at radius 2 is 2.06 bits per heavy atom. The van der Waals surface area contributed by atoms with Gasteiger partial charge in [0.25, 0.3) is 0 Å². The van der Waals surface area contributed by atoms with Crippen molar-refractivity contribution < 1.29 is 0 Å². The molecule has 1 aromatic carbocycles. The molecular weight excluding hydrogens is 238 g/mol. The van der Waals surface area contributed by atoms with Crippen LogP contribution in [0.4, 0.5) is 0 Å². The van der Waals surface area contributed by atoms with E-state index in [9.17, 15) is 0 Å². The third-order valence-electron chi connectivity index (χ3n) is 3.72. The lowest BCUT2D eigenvalue weighted by atomic mass is 9.81. The summed E-state index contributed by atoms with van der Waals surface area (Å²) in [5.74, 6) is 2.20. The highest BCUT2D eigenvalue weighted by Crippen LogP contribution is 2.31. The Labute approximate surface area is 116 Å². The summed E-state index contributed by atoms with van der Waals surface area (Å²) in [7, 11) is 0. The molecule has 1 saturated carbocycles. The lowest BCUT2D eigenvalue weighted by Gasteiger charge is -2.30. The topological polar surface area (TPSA) is 12.0 Å². The van der Waals surface area contributed by atoms with Gasteiger partial charge in [0.05, 0.1) is 0 Å². The highest BCUT2D eigenvalue weighted by atomic mass is 32.2. The fourth-order valence-electron chi connectivity index (χ4n) is 2.40. The van der Waals surface area contributed by atoms with Crippen molar-refractivity contribution in [3.63, 3.8) is 0 Å². The number of benzene rings is 1. The Morgan fingerprint density at radius 1 is 1.28 bits per heavy atom. The van der Waals surface area contributed by atoms with Gasteiger partial charge in [0, 0.05) is 16.7 Å². The quantitative estimate of drug-likeness (QED) is 0.700. The average Bonchev–Trinajstić information content (AvgIpc) is 2.37. The van der Waals surface area contributed by atoms with Crippen LogP contribution in [0, 0.1) is 5.92 Å². The van der Waals surface area contributed by atoms with Crippen LogP contribution in [0.15, 0.2) is 35.2 Å². The normalized spacial score (nSPS) is 17.4. The van der Waals surface area contributed by atoms with E-state index >= 15 is 0 Å². The van der Waals surface area contributed by atoms with Crippen LogP contribution >= 0.6 is 11.8 Å². The molecule has 0 amide bonds. The molecule has 2 heteroatoms. The van der Waals surface area contributed by atoms with Gasteiger partial charge in [-0.3, -0.25) is 0 Å². The maximum atomic E-state index is 3.72. The van der Waals surface area contributed by atoms with E-state index in [2.05, 4.69) is 42.6 Å². The van der Waals surface area contributed by atoms with E-state index in [1.807, 2.05) is 11.8 Å². The van der Waals surface area contributed by atoms with Crippen LogP contribution in [0.25, 0.3) is 0 Å². The van der Waals surface area contributed by atoms with Gasteiger partial charge in [-0.1, -0.05) is 44.4 Å². The number of hydrogen-bond donors (Lipinski definition) is 1. The number of rotatable bonds is 8. The predicted molar refractivity (Wildman–Crippen MR) is 81.2 cm³/mol. The van der Waals surface area contributed by atoms with Crippen LogP contribution in [0.1, 0.15) is 39.0 Å². The van der Waals surface area contributed by atoms with Crippen LogP contribution in [-0.4, -0.2) is 18.3 Å². The first-order chi connectivity index (χ1) is 8.88. The molecule has 1 aliphatic rings. The molecule has 1 unspecified atom stereocenters. The van der Waals surface area contributed by atoms with Gasteiger partial charge in [-0.15, -0.1) is 11.8 Å². The number of hydrogen-bond acceptors (Lipinski definition) is 2. The summed E-state index contributed by atoms with van der Waals surface area (Å²) >= 11 is 1.99. The van der Waals surface area contributed by atoms with Gasteiger partial charge >= 0.3 is 0 Å².